The smallest absolute Gasteiger partial charge is 0.163 e. The third-order valence-electron chi connectivity index (χ3n) is 4.21. The molecule has 0 bridgehead atoms. The summed E-state index contributed by atoms with van der Waals surface area (Å²) in [6.07, 6.45) is 4.58. The minimum atomic E-state index is 0.270. The zero-order valence-corrected chi connectivity index (χ0v) is 14.3. The molecule has 122 valence electrons. The summed E-state index contributed by atoms with van der Waals surface area (Å²) in [4.78, 5) is 15.1. The first-order valence-electron chi connectivity index (χ1n) is 8.16. The standard InChI is InChI=1S/C18H19N5S/c1-2-14(16-6-4-8-24-16)21-18-13-10-20-11-15(13)22-17(23-18)12-5-3-7-19-9-12/h3-9,14,20H,2,10-11H2,1H3,(H,21,22,23)/t14-/m1/s1. The summed E-state index contributed by atoms with van der Waals surface area (Å²) in [7, 11) is 0. The Hall–Kier alpha value is -2.31. The SMILES string of the molecule is CC[C@@H](Nc1nc(-c2cccnc2)nc2c1CNC2)c1cccs1. The van der Waals surface area contributed by atoms with E-state index in [1.54, 1.807) is 17.5 Å². The minimum Gasteiger partial charge on any atom is -0.362 e. The van der Waals surface area contributed by atoms with Crippen molar-refractivity contribution < 1.29 is 0 Å². The molecule has 4 rings (SSSR count). The van der Waals surface area contributed by atoms with Crippen LogP contribution in [-0.2, 0) is 13.1 Å². The number of rotatable bonds is 5. The van der Waals surface area contributed by atoms with E-state index in [4.69, 9.17) is 9.97 Å². The second-order valence-electron chi connectivity index (χ2n) is 5.79. The van der Waals surface area contributed by atoms with Gasteiger partial charge in [-0.15, -0.1) is 11.3 Å². The van der Waals surface area contributed by atoms with Crippen molar-refractivity contribution >= 4 is 17.2 Å². The van der Waals surface area contributed by atoms with E-state index in [-0.39, 0.29) is 6.04 Å². The van der Waals surface area contributed by atoms with Crippen LogP contribution in [0.25, 0.3) is 11.4 Å². The van der Waals surface area contributed by atoms with Crippen LogP contribution in [-0.4, -0.2) is 15.0 Å². The van der Waals surface area contributed by atoms with Crippen molar-refractivity contribution in [2.45, 2.75) is 32.5 Å². The number of nitrogens with zero attached hydrogens (tertiary/aromatic N) is 3. The average Bonchev–Trinajstić information content (AvgIpc) is 3.31. The van der Waals surface area contributed by atoms with E-state index in [2.05, 4.69) is 40.1 Å². The Morgan fingerprint density at radius 2 is 2.21 bits per heavy atom. The van der Waals surface area contributed by atoms with Gasteiger partial charge in [-0.3, -0.25) is 4.98 Å². The fourth-order valence-electron chi connectivity index (χ4n) is 2.94. The summed E-state index contributed by atoms with van der Waals surface area (Å²) in [6, 6.07) is 8.45. The maximum absolute atomic E-state index is 4.81. The highest BCUT2D eigenvalue weighted by Gasteiger charge is 2.22. The number of hydrogen-bond acceptors (Lipinski definition) is 6. The number of aromatic nitrogens is 3. The lowest BCUT2D eigenvalue weighted by Gasteiger charge is -2.19. The molecule has 1 aliphatic rings. The van der Waals surface area contributed by atoms with Crippen molar-refractivity contribution in [3.8, 4) is 11.4 Å². The third kappa shape index (κ3) is 2.90. The molecule has 2 N–H and O–H groups in total. The van der Waals surface area contributed by atoms with Crippen molar-refractivity contribution in [3.05, 3.63) is 58.2 Å². The van der Waals surface area contributed by atoms with E-state index in [9.17, 15) is 0 Å². The highest BCUT2D eigenvalue weighted by molar-refractivity contribution is 7.10. The predicted octanol–water partition coefficient (Wildman–Crippen LogP) is 3.77. The van der Waals surface area contributed by atoms with Crippen LogP contribution in [0.3, 0.4) is 0 Å². The molecular formula is C18H19N5S. The molecule has 0 saturated carbocycles. The van der Waals surface area contributed by atoms with Crippen molar-refractivity contribution in [1.29, 1.82) is 0 Å². The summed E-state index contributed by atoms with van der Waals surface area (Å²) in [5, 5.41) is 9.14. The Kier molecular flexibility index (Phi) is 4.23. The van der Waals surface area contributed by atoms with Crippen LogP contribution < -0.4 is 10.6 Å². The Labute approximate surface area is 145 Å². The van der Waals surface area contributed by atoms with E-state index in [1.165, 1.54) is 10.4 Å². The van der Waals surface area contributed by atoms with Gasteiger partial charge >= 0.3 is 0 Å². The lowest BCUT2D eigenvalue weighted by molar-refractivity contribution is 0.747. The monoisotopic (exact) mass is 337 g/mol. The quantitative estimate of drug-likeness (QED) is 0.742. The maximum atomic E-state index is 4.81. The second-order valence-corrected chi connectivity index (χ2v) is 6.77. The zero-order valence-electron chi connectivity index (χ0n) is 13.5. The van der Waals surface area contributed by atoms with E-state index in [0.29, 0.717) is 0 Å². The molecule has 0 aliphatic carbocycles. The largest absolute Gasteiger partial charge is 0.362 e. The molecule has 6 heteroatoms. The van der Waals surface area contributed by atoms with Crippen LogP contribution in [0.5, 0.6) is 0 Å². The fourth-order valence-corrected chi connectivity index (χ4v) is 3.80. The molecule has 24 heavy (non-hydrogen) atoms. The van der Waals surface area contributed by atoms with Crippen LogP contribution in [0.15, 0.2) is 42.0 Å². The molecule has 3 aromatic rings. The van der Waals surface area contributed by atoms with Gasteiger partial charge in [0.1, 0.15) is 5.82 Å². The minimum absolute atomic E-state index is 0.270. The summed E-state index contributed by atoms with van der Waals surface area (Å²) < 4.78 is 0. The molecule has 0 unspecified atom stereocenters. The van der Waals surface area contributed by atoms with Gasteiger partial charge in [-0.25, -0.2) is 9.97 Å². The van der Waals surface area contributed by atoms with E-state index in [1.807, 2.05) is 18.3 Å². The summed E-state index contributed by atoms with van der Waals surface area (Å²) >= 11 is 1.78. The number of fused-ring (bicyclic) bond motifs is 1. The molecule has 0 spiro atoms. The Morgan fingerprint density at radius 1 is 1.25 bits per heavy atom. The van der Waals surface area contributed by atoms with Gasteiger partial charge < -0.3 is 10.6 Å². The van der Waals surface area contributed by atoms with Gasteiger partial charge in [-0.05, 0) is 30.0 Å². The Balaban J connectivity index is 1.73. The molecule has 5 nitrogen and oxygen atoms in total. The number of pyridine rings is 1. The van der Waals surface area contributed by atoms with Crippen molar-refractivity contribution in [2.24, 2.45) is 0 Å². The normalized spacial score (nSPS) is 14.4. The van der Waals surface area contributed by atoms with E-state index in [0.717, 1.165) is 42.4 Å². The predicted molar refractivity (Wildman–Crippen MR) is 96.8 cm³/mol. The highest BCUT2D eigenvalue weighted by Crippen LogP contribution is 2.30. The molecule has 0 radical (unpaired) electrons. The lowest BCUT2D eigenvalue weighted by Crippen LogP contribution is -2.13. The van der Waals surface area contributed by atoms with Crippen LogP contribution >= 0.6 is 11.3 Å². The third-order valence-corrected chi connectivity index (χ3v) is 5.20. The summed E-state index contributed by atoms with van der Waals surface area (Å²) in [5.74, 6) is 1.66. The molecule has 0 aromatic carbocycles. The van der Waals surface area contributed by atoms with Gasteiger partial charge in [-0.1, -0.05) is 13.0 Å². The van der Waals surface area contributed by atoms with Crippen LogP contribution in [0.2, 0.25) is 0 Å². The zero-order chi connectivity index (χ0) is 16.4. The number of thiophene rings is 1. The first-order valence-corrected chi connectivity index (χ1v) is 9.04. The number of nitrogens with one attached hydrogen (secondary N) is 2. The van der Waals surface area contributed by atoms with Crippen molar-refractivity contribution in [3.63, 3.8) is 0 Å². The highest BCUT2D eigenvalue weighted by atomic mass is 32.1. The number of hydrogen-bond donors (Lipinski definition) is 2. The summed E-state index contributed by atoms with van der Waals surface area (Å²) in [5.41, 5.74) is 3.20. The first kappa shape index (κ1) is 15.2. The van der Waals surface area contributed by atoms with E-state index < -0.39 is 0 Å². The van der Waals surface area contributed by atoms with Crippen LogP contribution in [0.4, 0.5) is 5.82 Å². The average molecular weight is 337 g/mol. The lowest BCUT2D eigenvalue weighted by atomic mass is 10.1. The van der Waals surface area contributed by atoms with Gasteiger partial charge in [0.2, 0.25) is 0 Å². The van der Waals surface area contributed by atoms with Gasteiger partial charge in [-0.2, -0.15) is 0 Å². The topological polar surface area (TPSA) is 62.7 Å². The van der Waals surface area contributed by atoms with Gasteiger partial charge in [0.05, 0.1) is 11.7 Å². The van der Waals surface area contributed by atoms with Crippen molar-refractivity contribution in [1.82, 2.24) is 20.3 Å². The van der Waals surface area contributed by atoms with E-state index >= 15 is 0 Å². The van der Waals surface area contributed by atoms with Crippen LogP contribution in [0.1, 0.15) is 35.5 Å². The molecule has 3 aromatic heterocycles. The molecule has 0 amide bonds. The van der Waals surface area contributed by atoms with Gasteiger partial charge in [0.25, 0.3) is 0 Å². The van der Waals surface area contributed by atoms with Crippen LogP contribution in [0, 0.1) is 0 Å². The molecule has 1 aliphatic heterocycles. The Morgan fingerprint density at radius 3 is 2.96 bits per heavy atom. The molecule has 0 saturated heterocycles. The Bertz CT molecular complexity index is 817. The van der Waals surface area contributed by atoms with Gasteiger partial charge in [0.15, 0.2) is 5.82 Å². The van der Waals surface area contributed by atoms with Crippen molar-refractivity contribution in [2.75, 3.05) is 5.32 Å². The van der Waals surface area contributed by atoms with Gasteiger partial charge in [0, 0.05) is 41.5 Å². The maximum Gasteiger partial charge on any atom is 0.163 e. The number of anilines is 1. The molecule has 1 atom stereocenters. The fraction of sp³-hybridized carbons (Fsp3) is 0.278. The first-order chi connectivity index (χ1) is 11.8. The molecule has 4 heterocycles. The molecule has 0 fully saturated rings. The molecular weight excluding hydrogens is 318 g/mol. The second kappa shape index (κ2) is 6.67. The summed E-state index contributed by atoms with van der Waals surface area (Å²) in [6.45, 7) is 3.79.